The van der Waals surface area contributed by atoms with Gasteiger partial charge in [0.25, 0.3) is 0 Å². The second-order valence-electron chi connectivity index (χ2n) is 9.34. The molecular weight excluding hydrogens is 553 g/mol. The minimum atomic E-state index is -0.838. The van der Waals surface area contributed by atoms with Crippen LogP contribution in [0.4, 0.5) is 15.8 Å². The number of amides is 3. The molecule has 3 heterocycles. The van der Waals surface area contributed by atoms with E-state index in [0.29, 0.717) is 21.3 Å². The Morgan fingerprint density at radius 1 is 0.950 bits per heavy atom. The van der Waals surface area contributed by atoms with Crippen LogP contribution in [-0.2, 0) is 20.9 Å². The van der Waals surface area contributed by atoms with Crippen molar-refractivity contribution in [3.8, 4) is 5.75 Å². The fourth-order valence-electron chi connectivity index (χ4n) is 5.14. The number of nitrogens with zero attached hydrogens (tertiary/aromatic N) is 2. The molecule has 0 radical (unpaired) electrons. The highest BCUT2D eigenvalue weighted by atomic mass is 32.2. The van der Waals surface area contributed by atoms with Gasteiger partial charge in [-0.2, -0.15) is 0 Å². The van der Waals surface area contributed by atoms with Crippen molar-refractivity contribution < 1.29 is 23.5 Å². The van der Waals surface area contributed by atoms with E-state index in [2.05, 4.69) is 5.32 Å². The van der Waals surface area contributed by atoms with Crippen molar-refractivity contribution in [2.45, 2.75) is 22.7 Å². The maximum Gasteiger partial charge on any atom is 0.308 e. The van der Waals surface area contributed by atoms with Crippen LogP contribution in [0.1, 0.15) is 16.4 Å². The smallest absolute Gasteiger partial charge is 0.308 e. The van der Waals surface area contributed by atoms with Gasteiger partial charge in [-0.15, -0.1) is 0 Å². The normalized spacial score (nSPS) is 19.8. The Morgan fingerprint density at radius 3 is 2.33 bits per heavy atom. The second kappa shape index (κ2) is 10.4. The van der Waals surface area contributed by atoms with Gasteiger partial charge in [0.2, 0.25) is 17.7 Å². The highest BCUT2D eigenvalue weighted by Gasteiger charge is 2.56. The summed E-state index contributed by atoms with van der Waals surface area (Å²) in [7, 11) is 1.55. The van der Waals surface area contributed by atoms with Gasteiger partial charge in [-0.05, 0) is 54.1 Å². The van der Waals surface area contributed by atoms with E-state index in [-0.39, 0.29) is 23.0 Å². The van der Waals surface area contributed by atoms with Crippen LogP contribution >= 0.6 is 23.1 Å². The molecule has 1 saturated heterocycles. The fraction of sp³-hybridized carbons (Fsp3) is 0.172. The van der Waals surface area contributed by atoms with Crippen LogP contribution < -0.4 is 19.8 Å². The van der Waals surface area contributed by atoms with E-state index in [1.165, 1.54) is 28.8 Å². The van der Waals surface area contributed by atoms with Gasteiger partial charge in [0.05, 0.1) is 23.7 Å². The van der Waals surface area contributed by atoms with E-state index in [1.54, 1.807) is 43.5 Å². The molecule has 3 aromatic carbocycles. The van der Waals surface area contributed by atoms with Gasteiger partial charge >= 0.3 is 4.87 Å². The van der Waals surface area contributed by atoms with Crippen molar-refractivity contribution in [2.24, 2.45) is 5.92 Å². The van der Waals surface area contributed by atoms with Gasteiger partial charge in [-0.25, -0.2) is 9.29 Å². The zero-order valence-electron chi connectivity index (χ0n) is 21.1. The molecule has 8 nitrogen and oxygen atoms in total. The predicted molar refractivity (Wildman–Crippen MR) is 151 cm³/mol. The van der Waals surface area contributed by atoms with E-state index in [4.69, 9.17) is 4.74 Å². The molecule has 4 aromatic rings. The third-order valence-corrected chi connectivity index (χ3v) is 9.57. The average Bonchev–Trinajstić information content (AvgIpc) is 3.40. The zero-order chi connectivity index (χ0) is 28.0. The summed E-state index contributed by atoms with van der Waals surface area (Å²) in [6, 6.07) is 21.3. The van der Waals surface area contributed by atoms with Crippen molar-refractivity contribution in [3.63, 3.8) is 0 Å². The lowest BCUT2D eigenvalue weighted by Crippen LogP contribution is -2.33. The number of carbonyl (C=O) groups is 3. The average molecular weight is 576 g/mol. The number of hydrogen-bond acceptors (Lipinski definition) is 7. The fourth-order valence-corrected chi connectivity index (χ4v) is 7.91. The highest BCUT2D eigenvalue weighted by Crippen LogP contribution is 2.54. The number of halogens is 1. The zero-order valence-corrected chi connectivity index (χ0v) is 22.7. The quantitative estimate of drug-likeness (QED) is 0.340. The van der Waals surface area contributed by atoms with E-state index >= 15 is 0 Å². The molecule has 0 aliphatic carbocycles. The lowest BCUT2D eigenvalue weighted by Gasteiger charge is -2.30. The second-order valence-corrected chi connectivity index (χ2v) is 11.5. The Labute approximate surface area is 236 Å². The number of aromatic nitrogens is 1. The molecule has 40 heavy (non-hydrogen) atoms. The number of carbonyl (C=O) groups excluding carboxylic acids is 3. The SMILES string of the molecule is COc1ccc([C@H]2c3sc(=O)n(CC(=O)Nc4ccccc4)c3SC3C(=O)N(c4ccc(F)cc4)C(=O)C32)cc1. The largest absolute Gasteiger partial charge is 0.497 e. The number of fused-ring (bicyclic) bond motifs is 2. The molecule has 0 spiro atoms. The van der Waals surface area contributed by atoms with Gasteiger partial charge in [0, 0.05) is 16.5 Å². The number of hydrogen-bond donors (Lipinski definition) is 1. The summed E-state index contributed by atoms with van der Waals surface area (Å²) in [5.74, 6) is -2.52. The molecular formula is C29H22FN3O5S2. The summed E-state index contributed by atoms with van der Waals surface area (Å²) in [6.45, 7) is -0.247. The number of nitrogens with one attached hydrogen (secondary N) is 1. The molecule has 11 heteroatoms. The van der Waals surface area contributed by atoms with Crippen molar-refractivity contribution in [2.75, 3.05) is 17.3 Å². The molecule has 2 unspecified atom stereocenters. The van der Waals surface area contributed by atoms with E-state index in [1.807, 2.05) is 18.2 Å². The number of methoxy groups -OCH3 is 1. The van der Waals surface area contributed by atoms with Crippen molar-refractivity contribution >= 4 is 52.2 Å². The van der Waals surface area contributed by atoms with E-state index in [0.717, 1.165) is 33.6 Å². The number of rotatable bonds is 6. The first kappa shape index (κ1) is 26.0. The molecule has 2 aliphatic heterocycles. The Balaban J connectivity index is 1.42. The van der Waals surface area contributed by atoms with Gasteiger partial charge < -0.3 is 10.1 Å². The standard InChI is InChI=1S/C29H22FN3O5S2/c1-38-20-13-7-16(8-14-20)22-23-24(27(36)33(26(23)35)19-11-9-17(30)10-12-19)39-28-25(22)40-29(37)32(28)15-21(34)31-18-5-3-2-4-6-18/h2-14,22-24H,15H2,1H3,(H,31,34)/t22-,23?,24?/m1/s1. The molecule has 1 aromatic heterocycles. The number of anilines is 2. The molecule has 0 saturated carbocycles. The van der Waals surface area contributed by atoms with E-state index < -0.39 is 34.7 Å². The van der Waals surface area contributed by atoms with Crippen LogP contribution in [0.2, 0.25) is 0 Å². The summed E-state index contributed by atoms with van der Waals surface area (Å²) in [5, 5.41) is 2.44. The molecule has 1 N–H and O–H groups in total. The first-order valence-electron chi connectivity index (χ1n) is 12.4. The molecule has 6 rings (SSSR count). The topological polar surface area (TPSA) is 97.7 Å². The molecule has 202 valence electrons. The van der Waals surface area contributed by atoms with Gasteiger partial charge in [0.15, 0.2) is 0 Å². The number of ether oxygens (including phenoxy) is 1. The maximum atomic E-state index is 13.9. The third-order valence-electron chi connectivity index (χ3n) is 6.97. The summed E-state index contributed by atoms with van der Waals surface area (Å²) < 4.78 is 20.3. The predicted octanol–water partition coefficient (Wildman–Crippen LogP) is 4.49. The first-order chi connectivity index (χ1) is 19.4. The highest BCUT2D eigenvalue weighted by molar-refractivity contribution is 8.00. The number of benzene rings is 3. The molecule has 3 amide bonds. The van der Waals surface area contributed by atoms with E-state index in [9.17, 15) is 23.6 Å². The first-order valence-corrected chi connectivity index (χ1v) is 14.1. The van der Waals surface area contributed by atoms with Crippen molar-refractivity contribution in [1.29, 1.82) is 0 Å². The van der Waals surface area contributed by atoms with Gasteiger partial charge in [-0.3, -0.25) is 23.7 Å². The maximum absolute atomic E-state index is 13.9. The summed E-state index contributed by atoms with van der Waals surface area (Å²) >= 11 is 2.10. The van der Waals surface area contributed by atoms with Gasteiger partial charge in [-0.1, -0.05) is 53.4 Å². The molecule has 0 bridgehead atoms. The molecule has 3 atom stereocenters. The lowest BCUT2D eigenvalue weighted by molar-refractivity contribution is -0.122. The monoisotopic (exact) mass is 575 g/mol. The van der Waals surface area contributed by atoms with Crippen LogP contribution in [-0.4, -0.2) is 34.6 Å². The van der Waals surface area contributed by atoms with Crippen LogP contribution in [0, 0.1) is 11.7 Å². The minimum absolute atomic E-state index is 0.247. The van der Waals surface area contributed by atoms with Crippen LogP contribution in [0.25, 0.3) is 0 Å². The molecule has 1 fully saturated rings. The molecule has 2 aliphatic rings. The van der Waals surface area contributed by atoms with Crippen molar-refractivity contribution in [3.05, 3.63) is 105 Å². The van der Waals surface area contributed by atoms with Crippen molar-refractivity contribution in [1.82, 2.24) is 4.57 Å². The lowest BCUT2D eigenvalue weighted by atomic mass is 9.83. The Morgan fingerprint density at radius 2 is 1.65 bits per heavy atom. The van der Waals surface area contributed by atoms with Crippen LogP contribution in [0.15, 0.2) is 88.7 Å². The van der Waals surface area contributed by atoms with Gasteiger partial charge in [0.1, 0.15) is 23.4 Å². The number of imide groups is 1. The summed E-state index contributed by atoms with van der Waals surface area (Å²) in [6.07, 6.45) is 0. The Hall–Kier alpha value is -4.22. The van der Waals surface area contributed by atoms with Crippen LogP contribution in [0.5, 0.6) is 5.75 Å². The number of para-hydroxylation sites is 1. The summed E-state index contributed by atoms with van der Waals surface area (Å²) in [4.78, 5) is 55.1. The van der Waals surface area contributed by atoms with Crippen LogP contribution in [0.3, 0.4) is 0 Å². The summed E-state index contributed by atoms with van der Waals surface area (Å²) in [5.41, 5.74) is 1.62. The number of thiazole rings is 1. The Bertz CT molecular complexity index is 1670. The number of thioether (sulfide) groups is 1. The third kappa shape index (κ3) is 4.50. The minimum Gasteiger partial charge on any atom is -0.497 e. The Kier molecular flexibility index (Phi) is 6.77.